The van der Waals surface area contributed by atoms with Gasteiger partial charge in [0.25, 0.3) is 0 Å². The minimum absolute atomic E-state index is 0.236. The number of esters is 1. The molecule has 0 aliphatic carbocycles. The van der Waals surface area contributed by atoms with Gasteiger partial charge in [0, 0.05) is 25.3 Å². The first-order valence-electron chi connectivity index (χ1n) is 9.57. The molecule has 0 aromatic heterocycles. The van der Waals surface area contributed by atoms with Crippen LogP contribution in [0.3, 0.4) is 0 Å². The van der Waals surface area contributed by atoms with Gasteiger partial charge in [0.15, 0.2) is 11.5 Å². The number of benzene rings is 1. The molecule has 0 spiro atoms. The van der Waals surface area contributed by atoms with Gasteiger partial charge in [-0.1, -0.05) is 6.07 Å². The Bertz CT molecular complexity index is 788. The van der Waals surface area contributed by atoms with Crippen molar-refractivity contribution in [3.63, 3.8) is 0 Å². The quantitative estimate of drug-likeness (QED) is 0.658. The summed E-state index contributed by atoms with van der Waals surface area (Å²) < 4.78 is 21.4. The van der Waals surface area contributed by atoms with Crippen LogP contribution in [-0.4, -0.2) is 70.6 Å². The predicted molar refractivity (Wildman–Crippen MR) is 105 cm³/mol. The highest BCUT2D eigenvalue weighted by atomic mass is 16.5. The van der Waals surface area contributed by atoms with E-state index in [1.807, 2.05) is 0 Å². The molecule has 0 unspecified atom stereocenters. The molecule has 1 aromatic carbocycles. The molecule has 9 nitrogen and oxygen atoms in total. The summed E-state index contributed by atoms with van der Waals surface area (Å²) in [6.07, 6.45) is 0. The van der Waals surface area contributed by atoms with Crippen molar-refractivity contribution in [2.75, 3.05) is 53.7 Å². The number of carbonyl (C=O) groups is 2. The molecule has 2 aliphatic heterocycles. The maximum absolute atomic E-state index is 12.8. The summed E-state index contributed by atoms with van der Waals surface area (Å²) in [6.45, 7) is 5.10. The van der Waals surface area contributed by atoms with Crippen LogP contribution >= 0.6 is 0 Å². The maximum atomic E-state index is 12.8. The van der Waals surface area contributed by atoms with Gasteiger partial charge in [-0.3, -0.25) is 4.90 Å². The number of methoxy groups -OCH3 is 2. The molecule has 158 valence electrons. The smallest absolute Gasteiger partial charge is 0.338 e. The monoisotopic (exact) mass is 405 g/mol. The molecule has 1 aromatic rings. The van der Waals surface area contributed by atoms with Crippen molar-refractivity contribution in [1.82, 2.24) is 15.5 Å². The zero-order valence-electron chi connectivity index (χ0n) is 16.9. The molecule has 2 amide bonds. The van der Waals surface area contributed by atoms with Crippen molar-refractivity contribution in [2.45, 2.75) is 13.0 Å². The molecule has 1 atom stereocenters. The van der Waals surface area contributed by atoms with Crippen LogP contribution in [0, 0.1) is 0 Å². The SMILES string of the molecule is CCOC(=O)C1=C(CN2CCOCC2)NC(=O)N[C@H]1c1ccc(OC)c(OC)c1. The van der Waals surface area contributed by atoms with Crippen molar-refractivity contribution in [3.05, 3.63) is 35.0 Å². The highest BCUT2D eigenvalue weighted by Crippen LogP contribution is 2.34. The lowest BCUT2D eigenvalue weighted by Crippen LogP contribution is -2.49. The highest BCUT2D eigenvalue weighted by Gasteiger charge is 2.35. The van der Waals surface area contributed by atoms with Gasteiger partial charge in [-0.25, -0.2) is 9.59 Å². The van der Waals surface area contributed by atoms with E-state index in [-0.39, 0.29) is 12.6 Å². The molecule has 1 saturated heterocycles. The van der Waals surface area contributed by atoms with E-state index in [1.54, 1.807) is 32.2 Å². The minimum Gasteiger partial charge on any atom is -0.493 e. The highest BCUT2D eigenvalue weighted by molar-refractivity contribution is 5.95. The fourth-order valence-electron chi connectivity index (χ4n) is 3.46. The fourth-order valence-corrected chi connectivity index (χ4v) is 3.46. The van der Waals surface area contributed by atoms with Crippen LogP contribution in [0.4, 0.5) is 4.79 Å². The van der Waals surface area contributed by atoms with Gasteiger partial charge < -0.3 is 29.6 Å². The molecule has 2 N–H and O–H groups in total. The summed E-state index contributed by atoms with van der Waals surface area (Å²) in [4.78, 5) is 27.4. The Hall–Kier alpha value is -2.78. The zero-order chi connectivity index (χ0) is 20.8. The molecule has 3 rings (SSSR count). The number of carbonyl (C=O) groups excluding carboxylic acids is 2. The van der Waals surface area contributed by atoms with Crippen LogP contribution in [-0.2, 0) is 14.3 Å². The van der Waals surface area contributed by atoms with E-state index in [1.165, 1.54) is 7.11 Å². The van der Waals surface area contributed by atoms with Crippen LogP contribution in [0.5, 0.6) is 11.5 Å². The van der Waals surface area contributed by atoms with Crippen LogP contribution in [0.1, 0.15) is 18.5 Å². The number of nitrogens with zero attached hydrogens (tertiary/aromatic N) is 1. The van der Waals surface area contributed by atoms with Gasteiger partial charge in [-0.05, 0) is 24.6 Å². The summed E-state index contributed by atoms with van der Waals surface area (Å²) in [5, 5.41) is 5.62. The summed E-state index contributed by atoms with van der Waals surface area (Å²) in [6, 6.07) is 4.25. The number of nitrogens with one attached hydrogen (secondary N) is 2. The topological polar surface area (TPSA) is 98.4 Å². The Morgan fingerprint density at radius 1 is 1.21 bits per heavy atom. The van der Waals surface area contributed by atoms with E-state index in [9.17, 15) is 9.59 Å². The number of rotatable bonds is 7. The molecule has 0 saturated carbocycles. The maximum Gasteiger partial charge on any atom is 0.338 e. The van der Waals surface area contributed by atoms with Gasteiger partial charge in [0.2, 0.25) is 0 Å². The van der Waals surface area contributed by atoms with Crippen molar-refractivity contribution in [2.24, 2.45) is 0 Å². The van der Waals surface area contributed by atoms with E-state index in [0.717, 1.165) is 13.1 Å². The zero-order valence-corrected chi connectivity index (χ0v) is 16.9. The summed E-state index contributed by atoms with van der Waals surface area (Å²) in [5.41, 5.74) is 1.61. The summed E-state index contributed by atoms with van der Waals surface area (Å²) >= 11 is 0. The number of amides is 2. The number of urea groups is 1. The molecular weight excluding hydrogens is 378 g/mol. The van der Waals surface area contributed by atoms with E-state index in [2.05, 4.69) is 15.5 Å². The van der Waals surface area contributed by atoms with E-state index >= 15 is 0 Å². The average molecular weight is 405 g/mol. The molecule has 2 aliphatic rings. The molecule has 0 bridgehead atoms. The molecule has 0 radical (unpaired) electrons. The molecule has 2 heterocycles. The second kappa shape index (κ2) is 9.62. The van der Waals surface area contributed by atoms with Crippen molar-refractivity contribution >= 4 is 12.0 Å². The van der Waals surface area contributed by atoms with Gasteiger partial charge in [-0.2, -0.15) is 0 Å². The lowest BCUT2D eigenvalue weighted by Gasteiger charge is -2.33. The lowest BCUT2D eigenvalue weighted by molar-refractivity contribution is -0.139. The first-order chi connectivity index (χ1) is 14.1. The van der Waals surface area contributed by atoms with Crippen molar-refractivity contribution in [3.8, 4) is 11.5 Å². The van der Waals surface area contributed by atoms with Crippen LogP contribution in [0.15, 0.2) is 29.5 Å². The van der Waals surface area contributed by atoms with Gasteiger partial charge in [-0.15, -0.1) is 0 Å². The molecule has 1 fully saturated rings. The normalized spacial score (nSPS) is 20.0. The van der Waals surface area contributed by atoms with E-state index < -0.39 is 12.0 Å². The Morgan fingerprint density at radius 3 is 2.59 bits per heavy atom. The van der Waals surface area contributed by atoms with Gasteiger partial charge >= 0.3 is 12.0 Å². The first kappa shape index (κ1) is 20.9. The third-order valence-electron chi connectivity index (χ3n) is 4.88. The predicted octanol–water partition coefficient (Wildman–Crippen LogP) is 1.21. The third kappa shape index (κ3) is 4.80. The van der Waals surface area contributed by atoms with Gasteiger partial charge in [0.05, 0.1) is 45.7 Å². The minimum atomic E-state index is -0.668. The Kier molecular flexibility index (Phi) is 6.95. The standard InChI is InChI=1S/C20H27N3O6/c1-4-29-19(24)17-14(12-23-7-9-28-10-8-23)21-20(25)22-18(17)13-5-6-15(26-2)16(11-13)27-3/h5-6,11,18H,4,7-10,12H2,1-3H3,(H2,21,22,25)/t18-/m0/s1. The molecular formula is C20H27N3O6. The molecule has 29 heavy (non-hydrogen) atoms. The summed E-state index contributed by atoms with van der Waals surface area (Å²) in [7, 11) is 3.09. The molecule has 9 heteroatoms. The second-order valence-corrected chi connectivity index (χ2v) is 6.65. The van der Waals surface area contributed by atoms with Crippen LogP contribution in [0.25, 0.3) is 0 Å². The number of hydrogen-bond donors (Lipinski definition) is 2. The Morgan fingerprint density at radius 2 is 1.93 bits per heavy atom. The Labute approximate surface area is 169 Å². The lowest BCUT2D eigenvalue weighted by atomic mass is 9.94. The fraction of sp³-hybridized carbons (Fsp3) is 0.500. The van der Waals surface area contributed by atoms with Crippen molar-refractivity contribution < 1.29 is 28.5 Å². The number of ether oxygens (including phenoxy) is 4. The number of morpholine rings is 1. The third-order valence-corrected chi connectivity index (χ3v) is 4.88. The van der Waals surface area contributed by atoms with E-state index in [0.29, 0.717) is 48.1 Å². The van der Waals surface area contributed by atoms with Crippen molar-refractivity contribution in [1.29, 1.82) is 0 Å². The van der Waals surface area contributed by atoms with Crippen LogP contribution in [0.2, 0.25) is 0 Å². The number of hydrogen-bond acceptors (Lipinski definition) is 7. The first-order valence-corrected chi connectivity index (χ1v) is 9.57. The van der Waals surface area contributed by atoms with E-state index in [4.69, 9.17) is 18.9 Å². The largest absolute Gasteiger partial charge is 0.493 e. The summed E-state index contributed by atoms with van der Waals surface area (Å²) in [5.74, 6) is 0.602. The second-order valence-electron chi connectivity index (χ2n) is 6.65. The van der Waals surface area contributed by atoms with Gasteiger partial charge in [0.1, 0.15) is 0 Å². The average Bonchev–Trinajstić information content (AvgIpc) is 2.73. The Balaban J connectivity index is 2.01. The van der Waals surface area contributed by atoms with Crippen LogP contribution < -0.4 is 20.1 Å².